The topological polar surface area (TPSA) is 50.2 Å². The van der Waals surface area contributed by atoms with Gasteiger partial charge in [-0.1, -0.05) is 18.2 Å². The Balaban J connectivity index is 1.72. The summed E-state index contributed by atoms with van der Waals surface area (Å²) in [6.45, 7) is 0. The number of fused-ring (bicyclic) bond motifs is 1. The van der Waals surface area contributed by atoms with Gasteiger partial charge in [-0.2, -0.15) is 0 Å². The van der Waals surface area contributed by atoms with E-state index in [0.29, 0.717) is 6.42 Å². The molecule has 110 valence electrons. The zero-order valence-corrected chi connectivity index (χ0v) is 11.8. The normalized spacial score (nSPS) is 10.8. The van der Waals surface area contributed by atoms with E-state index in [-0.39, 0.29) is 17.8 Å². The second-order valence-electron chi connectivity index (χ2n) is 5.13. The van der Waals surface area contributed by atoms with Crippen molar-refractivity contribution in [2.24, 2.45) is 0 Å². The van der Waals surface area contributed by atoms with Crippen LogP contribution in [-0.4, -0.2) is 15.9 Å². The highest BCUT2D eigenvalue weighted by molar-refractivity contribution is 5.96. The molecular formula is C18H14FNO2. The number of hydrogen-bond donors (Lipinski definition) is 1. The third kappa shape index (κ3) is 2.96. The van der Waals surface area contributed by atoms with Crippen molar-refractivity contribution < 1.29 is 14.3 Å². The maximum Gasteiger partial charge on any atom is 0.165 e. The molecule has 0 amide bonds. The number of hydrogen-bond acceptors (Lipinski definition) is 3. The van der Waals surface area contributed by atoms with Crippen molar-refractivity contribution in [3.63, 3.8) is 0 Å². The van der Waals surface area contributed by atoms with Crippen molar-refractivity contribution >= 4 is 16.7 Å². The standard InChI is InChI=1S/C18H14FNO2/c19-15-10-14(6-8-18(15)22)17(21)7-5-12-9-13-3-1-2-4-16(13)20-11-12/h1-4,6,8-11,22H,5,7H2. The Morgan fingerprint density at radius 1 is 1.14 bits per heavy atom. The first-order chi connectivity index (χ1) is 10.6. The molecule has 0 bridgehead atoms. The van der Waals surface area contributed by atoms with Crippen LogP contribution in [0.1, 0.15) is 22.3 Å². The first-order valence-corrected chi connectivity index (χ1v) is 6.99. The van der Waals surface area contributed by atoms with Gasteiger partial charge in [-0.3, -0.25) is 9.78 Å². The predicted molar refractivity (Wildman–Crippen MR) is 82.5 cm³/mol. The first kappa shape index (κ1) is 14.2. The molecule has 1 aromatic heterocycles. The summed E-state index contributed by atoms with van der Waals surface area (Å²) in [7, 11) is 0. The molecule has 4 heteroatoms. The third-order valence-electron chi connectivity index (χ3n) is 3.56. The van der Waals surface area contributed by atoms with E-state index in [1.54, 1.807) is 6.20 Å². The smallest absolute Gasteiger partial charge is 0.165 e. The maximum absolute atomic E-state index is 13.3. The van der Waals surface area contributed by atoms with E-state index < -0.39 is 11.6 Å². The zero-order chi connectivity index (χ0) is 15.5. The second kappa shape index (κ2) is 5.93. The van der Waals surface area contributed by atoms with Crippen LogP contribution in [0.2, 0.25) is 0 Å². The highest BCUT2D eigenvalue weighted by atomic mass is 19.1. The van der Waals surface area contributed by atoms with E-state index >= 15 is 0 Å². The van der Waals surface area contributed by atoms with Gasteiger partial charge >= 0.3 is 0 Å². The van der Waals surface area contributed by atoms with Gasteiger partial charge < -0.3 is 5.11 Å². The number of pyridine rings is 1. The minimum absolute atomic E-state index is 0.160. The van der Waals surface area contributed by atoms with Crippen molar-refractivity contribution in [2.75, 3.05) is 0 Å². The molecule has 0 fully saturated rings. The van der Waals surface area contributed by atoms with Crippen LogP contribution in [0.15, 0.2) is 54.7 Å². The molecule has 1 heterocycles. The highest BCUT2D eigenvalue weighted by Crippen LogP contribution is 2.18. The highest BCUT2D eigenvalue weighted by Gasteiger charge is 2.10. The van der Waals surface area contributed by atoms with Gasteiger partial charge in [0.05, 0.1) is 5.52 Å². The molecule has 3 aromatic rings. The molecule has 3 nitrogen and oxygen atoms in total. The Bertz CT molecular complexity index is 845. The number of rotatable bonds is 4. The number of carbonyl (C=O) groups is 1. The summed E-state index contributed by atoms with van der Waals surface area (Å²) < 4.78 is 13.3. The van der Waals surface area contributed by atoms with Gasteiger partial charge in [0.25, 0.3) is 0 Å². The lowest BCUT2D eigenvalue weighted by molar-refractivity contribution is 0.0982. The summed E-state index contributed by atoms with van der Waals surface area (Å²) in [5.41, 5.74) is 2.15. The van der Waals surface area contributed by atoms with Gasteiger partial charge in [-0.25, -0.2) is 4.39 Å². The molecule has 0 unspecified atom stereocenters. The van der Waals surface area contributed by atoms with Crippen LogP contribution < -0.4 is 0 Å². The molecular weight excluding hydrogens is 281 g/mol. The number of phenolic OH excluding ortho intramolecular Hbond substituents is 1. The average Bonchev–Trinajstić information content (AvgIpc) is 2.55. The average molecular weight is 295 g/mol. The van der Waals surface area contributed by atoms with Crippen molar-refractivity contribution in [2.45, 2.75) is 12.8 Å². The van der Waals surface area contributed by atoms with Gasteiger partial charge in [0.15, 0.2) is 17.3 Å². The fourth-order valence-corrected chi connectivity index (χ4v) is 2.34. The monoisotopic (exact) mass is 295 g/mol. The molecule has 3 rings (SSSR count). The summed E-state index contributed by atoms with van der Waals surface area (Å²) in [4.78, 5) is 16.4. The number of aromatic hydroxyl groups is 1. The number of ketones is 1. The maximum atomic E-state index is 13.3. The number of para-hydroxylation sites is 1. The number of nitrogens with zero attached hydrogens (tertiary/aromatic N) is 1. The molecule has 0 aliphatic rings. The van der Waals surface area contributed by atoms with E-state index in [9.17, 15) is 9.18 Å². The summed E-state index contributed by atoms with van der Waals surface area (Å²) in [5.74, 6) is -1.39. The van der Waals surface area contributed by atoms with E-state index in [1.165, 1.54) is 12.1 Å². The number of Topliss-reactive ketones (excluding diaryl/α,β-unsaturated/α-hetero) is 1. The molecule has 0 atom stereocenters. The van der Waals surface area contributed by atoms with E-state index in [0.717, 1.165) is 22.5 Å². The molecule has 0 radical (unpaired) electrons. The summed E-state index contributed by atoms with van der Waals surface area (Å²) in [5, 5.41) is 10.2. The van der Waals surface area contributed by atoms with Crippen LogP contribution in [0.5, 0.6) is 5.75 Å². The number of aromatic nitrogens is 1. The Morgan fingerprint density at radius 3 is 2.77 bits per heavy atom. The van der Waals surface area contributed by atoms with Crippen LogP contribution in [-0.2, 0) is 6.42 Å². The molecule has 22 heavy (non-hydrogen) atoms. The van der Waals surface area contributed by atoms with Gasteiger partial charge in [-0.05, 0) is 42.3 Å². The fourth-order valence-electron chi connectivity index (χ4n) is 2.34. The summed E-state index contributed by atoms with van der Waals surface area (Å²) in [6.07, 6.45) is 2.57. The second-order valence-corrected chi connectivity index (χ2v) is 5.13. The van der Waals surface area contributed by atoms with E-state index in [2.05, 4.69) is 4.98 Å². The van der Waals surface area contributed by atoms with Crippen LogP contribution in [0, 0.1) is 5.82 Å². The Kier molecular flexibility index (Phi) is 3.83. The molecule has 0 aliphatic heterocycles. The molecule has 0 saturated carbocycles. The predicted octanol–water partition coefficient (Wildman–Crippen LogP) is 3.90. The lowest BCUT2D eigenvalue weighted by Crippen LogP contribution is -2.02. The van der Waals surface area contributed by atoms with Gasteiger partial charge in [0, 0.05) is 23.6 Å². The summed E-state index contributed by atoms with van der Waals surface area (Å²) in [6, 6.07) is 13.5. The fraction of sp³-hybridized carbons (Fsp3) is 0.111. The van der Waals surface area contributed by atoms with Gasteiger partial charge in [0.1, 0.15) is 0 Å². The summed E-state index contributed by atoms with van der Waals surface area (Å²) >= 11 is 0. The molecule has 0 spiro atoms. The largest absolute Gasteiger partial charge is 0.505 e. The van der Waals surface area contributed by atoms with Crippen LogP contribution in [0.4, 0.5) is 4.39 Å². The van der Waals surface area contributed by atoms with E-state index in [1.807, 2.05) is 30.3 Å². The molecule has 0 saturated heterocycles. The van der Waals surface area contributed by atoms with Crippen molar-refractivity contribution in [3.8, 4) is 5.75 Å². The number of carbonyl (C=O) groups excluding carboxylic acids is 1. The van der Waals surface area contributed by atoms with Gasteiger partial charge in [-0.15, -0.1) is 0 Å². The Labute approximate surface area is 127 Å². The lowest BCUT2D eigenvalue weighted by Gasteiger charge is -2.04. The van der Waals surface area contributed by atoms with Crippen molar-refractivity contribution in [3.05, 3.63) is 71.7 Å². The van der Waals surface area contributed by atoms with Crippen molar-refractivity contribution in [1.29, 1.82) is 0 Å². The lowest BCUT2D eigenvalue weighted by atomic mass is 10.0. The molecule has 0 aliphatic carbocycles. The first-order valence-electron chi connectivity index (χ1n) is 6.99. The van der Waals surface area contributed by atoms with Gasteiger partial charge in [0.2, 0.25) is 0 Å². The SMILES string of the molecule is O=C(CCc1cnc2ccccc2c1)c1ccc(O)c(F)c1. The molecule has 2 aromatic carbocycles. The molecule has 1 N–H and O–H groups in total. The number of phenols is 1. The quantitative estimate of drug-likeness (QED) is 0.743. The third-order valence-corrected chi connectivity index (χ3v) is 3.56. The zero-order valence-electron chi connectivity index (χ0n) is 11.8. The Morgan fingerprint density at radius 2 is 1.95 bits per heavy atom. The van der Waals surface area contributed by atoms with Crippen LogP contribution in [0.25, 0.3) is 10.9 Å². The van der Waals surface area contributed by atoms with E-state index in [4.69, 9.17) is 5.11 Å². The minimum Gasteiger partial charge on any atom is -0.505 e. The number of benzene rings is 2. The van der Waals surface area contributed by atoms with Crippen LogP contribution >= 0.6 is 0 Å². The van der Waals surface area contributed by atoms with Crippen molar-refractivity contribution in [1.82, 2.24) is 4.98 Å². The number of halogens is 1. The minimum atomic E-state index is -0.779. The number of aryl methyl sites for hydroxylation is 1. The van der Waals surface area contributed by atoms with Crippen LogP contribution in [0.3, 0.4) is 0 Å². The Hall–Kier alpha value is -2.75.